The van der Waals surface area contributed by atoms with Crippen LogP contribution in [0.4, 0.5) is 5.69 Å². The van der Waals surface area contributed by atoms with Crippen molar-refractivity contribution in [2.75, 3.05) is 12.3 Å². The molecule has 64 valence electrons. The average Bonchev–Trinajstić information content (AvgIpc) is 2.07. The first kappa shape index (κ1) is 7.28. The molecule has 0 saturated heterocycles. The van der Waals surface area contributed by atoms with E-state index in [-0.39, 0.29) is 5.75 Å². The van der Waals surface area contributed by atoms with Gasteiger partial charge in [0, 0.05) is 6.07 Å². The second-order valence-electron chi connectivity index (χ2n) is 2.97. The lowest BCUT2D eigenvalue weighted by Gasteiger charge is -2.17. The summed E-state index contributed by atoms with van der Waals surface area (Å²) >= 11 is 0. The second-order valence-corrected chi connectivity index (χ2v) is 2.97. The van der Waals surface area contributed by atoms with Crippen molar-refractivity contribution in [3.05, 3.63) is 17.7 Å². The molecule has 0 saturated carbocycles. The Labute approximate surface area is 70.8 Å². The molecule has 1 aromatic carbocycles. The van der Waals surface area contributed by atoms with Crippen molar-refractivity contribution < 1.29 is 9.84 Å². The summed E-state index contributed by atoms with van der Waals surface area (Å²) in [4.78, 5) is 0. The number of hydrogen-bond acceptors (Lipinski definition) is 3. The Kier molecular flexibility index (Phi) is 1.57. The molecule has 3 N–H and O–H groups in total. The highest BCUT2D eigenvalue weighted by atomic mass is 16.5. The van der Waals surface area contributed by atoms with E-state index in [0.717, 1.165) is 30.8 Å². The lowest BCUT2D eigenvalue weighted by Crippen LogP contribution is -2.08. The number of fused-ring (bicyclic) bond motifs is 1. The molecule has 0 radical (unpaired) electrons. The van der Waals surface area contributed by atoms with Gasteiger partial charge < -0.3 is 15.6 Å². The highest BCUT2D eigenvalue weighted by Crippen LogP contribution is 2.32. The molecule has 0 unspecified atom stereocenters. The maximum absolute atomic E-state index is 9.27. The lowest BCUT2D eigenvalue weighted by molar-refractivity contribution is 0.287. The number of rotatable bonds is 0. The van der Waals surface area contributed by atoms with Crippen molar-refractivity contribution in [1.82, 2.24) is 0 Å². The van der Waals surface area contributed by atoms with Gasteiger partial charge in [-0.05, 0) is 24.5 Å². The van der Waals surface area contributed by atoms with Gasteiger partial charge in [-0.25, -0.2) is 0 Å². The van der Waals surface area contributed by atoms with Crippen LogP contribution in [0.25, 0.3) is 0 Å². The zero-order valence-corrected chi connectivity index (χ0v) is 6.71. The van der Waals surface area contributed by atoms with E-state index in [1.165, 1.54) is 0 Å². The highest BCUT2D eigenvalue weighted by Gasteiger charge is 2.12. The number of hydrogen-bond donors (Lipinski definition) is 2. The summed E-state index contributed by atoms with van der Waals surface area (Å²) in [6.07, 6.45) is 2.01. The number of benzene rings is 1. The Balaban J connectivity index is 2.49. The summed E-state index contributed by atoms with van der Waals surface area (Å²) in [7, 11) is 0. The number of aryl methyl sites for hydroxylation is 1. The Morgan fingerprint density at radius 1 is 1.42 bits per heavy atom. The monoisotopic (exact) mass is 165 g/mol. The molecule has 1 aliphatic rings. The molecule has 1 aromatic rings. The van der Waals surface area contributed by atoms with Crippen molar-refractivity contribution in [2.45, 2.75) is 12.8 Å². The van der Waals surface area contributed by atoms with Crippen LogP contribution in [0.15, 0.2) is 12.1 Å². The van der Waals surface area contributed by atoms with Crippen LogP contribution in [0.1, 0.15) is 12.0 Å². The number of nitrogens with two attached hydrogens (primary N) is 1. The van der Waals surface area contributed by atoms with Gasteiger partial charge in [0.1, 0.15) is 11.5 Å². The van der Waals surface area contributed by atoms with E-state index < -0.39 is 0 Å². The normalized spacial score (nSPS) is 15.0. The Morgan fingerprint density at radius 3 is 3.08 bits per heavy atom. The van der Waals surface area contributed by atoms with Crippen LogP contribution in [-0.4, -0.2) is 11.7 Å². The number of anilines is 1. The lowest BCUT2D eigenvalue weighted by atomic mass is 10.1. The molecule has 0 fully saturated rings. The van der Waals surface area contributed by atoms with Crippen LogP contribution in [0.5, 0.6) is 11.5 Å². The number of nitrogen functional groups attached to an aromatic ring is 1. The quantitative estimate of drug-likeness (QED) is 0.450. The van der Waals surface area contributed by atoms with E-state index in [2.05, 4.69) is 0 Å². The molecule has 0 bridgehead atoms. The van der Waals surface area contributed by atoms with Crippen molar-refractivity contribution in [3.63, 3.8) is 0 Å². The smallest absolute Gasteiger partial charge is 0.142 e. The molecule has 0 aromatic heterocycles. The zero-order chi connectivity index (χ0) is 8.55. The fourth-order valence-corrected chi connectivity index (χ4v) is 1.41. The first-order valence-corrected chi connectivity index (χ1v) is 4.01. The van der Waals surface area contributed by atoms with Gasteiger partial charge in [0.25, 0.3) is 0 Å². The summed E-state index contributed by atoms with van der Waals surface area (Å²) in [5, 5.41) is 9.27. The minimum absolute atomic E-state index is 0.107. The van der Waals surface area contributed by atoms with Crippen LogP contribution in [0, 0.1) is 0 Å². The molecule has 3 heteroatoms. The molecule has 0 spiro atoms. The largest absolute Gasteiger partial charge is 0.506 e. The van der Waals surface area contributed by atoms with Crippen LogP contribution < -0.4 is 10.5 Å². The fraction of sp³-hybridized carbons (Fsp3) is 0.333. The Morgan fingerprint density at radius 2 is 2.25 bits per heavy atom. The number of ether oxygens (including phenoxy) is 1. The molecule has 0 aliphatic carbocycles. The molecule has 1 aliphatic heterocycles. The fourth-order valence-electron chi connectivity index (χ4n) is 1.41. The van der Waals surface area contributed by atoms with Gasteiger partial charge in [0.2, 0.25) is 0 Å². The van der Waals surface area contributed by atoms with E-state index in [1.807, 2.05) is 0 Å². The third kappa shape index (κ3) is 1.07. The van der Waals surface area contributed by atoms with E-state index in [9.17, 15) is 5.11 Å². The van der Waals surface area contributed by atoms with Crippen LogP contribution in [-0.2, 0) is 6.42 Å². The van der Waals surface area contributed by atoms with Gasteiger partial charge >= 0.3 is 0 Å². The molecule has 1 heterocycles. The van der Waals surface area contributed by atoms with Gasteiger partial charge in [-0.2, -0.15) is 0 Å². The van der Waals surface area contributed by atoms with Gasteiger partial charge in [-0.15, -0.1) is 0 Å². The topological polar surface area (TPSA) is 55.5 Å². The van der Waals surface area contributed by atoms with E-state index in [4.69, 9.17) is 10.5 Å². The van der Waals surface area contributed by atoms with E-state index in [1.54, 1.807) is 12.1 Å². The summed E-state index contributed by atoms with van der Waals surface area (Å²) in [6.45, 7) is 0.732. The van der Waals surface area contributed by atoms with E-state index in [0.29, 0.717) is 5.69 Å². The summed E-state index contributed by atoms with van der Waals surface area (Å²) in [5.41, 5.74) is 7.06. The van der Waals surface area contributed by atoms with Crippen molar-refractivity contribution in [1.29, 1.82) is 0 Å². The number of phenols is 1. The van der Waals surface area contributed by atoms with Crippen molar-refractivity contribution in [3.8, 4) is 11.5 Å². The van der Waals surface area contributed by atoms with Crippen LogP contribution in [0.3, 0.4) is 0 Å². The average molecular weight is 165 g/mol. The predicted octanol–water partition coefficient (Wildman–Crippen LogP) is 1.30. The van der Waals surface area contributed by atoms with Crippen molar-refractivity contribution >= 4 is 5.69 Å². The predicted molar refractivity (Wildman–Crippen MR) is 46.3 cm³/mol. The summed E-state index contributed by atoms with van der Waals surface area (Å²) in [6, 6.07) is 3.37. The molecule has 0 amide bonds. The van der Waals surface area contributed by atoms with Gasteiger partial charge in [0.15, 0.2) is 0 Å². The third-order valence-electron chi connectivity index (χ3n) is 2.06. The Hall–Kier alpha value is -1.38. The molecule has 3 nitrogen and oxygen atoms in total. The number of aromatic hydroxyl groups is 1. The molecule has 0 atom stereocenters. The SMILES string of the molecule is Nc1cc2c(cc1O)OCCC2. The minimum atomic E-state index is 0.107. The zero-order valence-electron chi connectivity index (χ0n) is 6.71. The maximum Gasteiger partial charge on any atom is 0.142 e. The second kappa shape index (κ2) is 2.59. The first-order chi connectivity index (χ1) is 5.77. The van der Waals surface area contributed by atoms with Gasteiger partial charge in [0.05, 0.1) is 12.3 Å². The molecular weight excluding hydrogens is 154 g/mol. The highest BCUT2D eigenvalue weighted by molar-refractivity contribution is 5.58. The summed E-state index contributed by atoms with van der Waals surface area (Å²) in [5.74, 6) is 0.878. The maximum atomic E-state index is 9.27. The Bertz CT molecular complexity index is 279. The molecule has 12 heavy (non-hydrogen) atoms. The third-order valence-corrected chi connectivity index (χ3v) is 2.06. The van der Waals surface area contributed by atoms with Crippen LogP contribution in [0.2, 0.25) is 0 Å². The minimum Gasteiger partial charge on any atom is -0.506 e. The van der Waals surface area contributed by atoms with Crippen LogP contribution >= 0.6 is 0 Å². The van der Waals surface area contributed by atoms with Gasteiger partial charge in [-0.1, -0.05) is 0 Å². The van der Waals surface area contributed by atoms with E-state index >= 15 is 0 Å². The molecular formula is C9H11NO2. The first-order valence-electron chi connectivity index (χ1n) is 4.01. The number of phenolic OH excluding ortho intramolecular Hbond substituents is 1. The van der Waals surface area contributed by atoms with Gasteiger partial charge in [-0.3, -0.25) is 0 Å². The van der Waals surface area contributed by atoms with Crippen molar-refractivity contribution in [2.24, 2.45) is 0 Å². The summed E-state index contributed by atoms with van der Waals surface area (Å²) < 4.78 is 5.34. The standard InChI is InChI=1S/C9H11NO2/c10-7-4-6-2-1-3-12-9(6)5-8(7)11/h4-5,11H,1-3,10H2. The molecule has 2 rings (SSSR count).